The molecule has 122 valence electrons. The molecule has 3 rings (SSSR count). The van der Waals surface area contributed by atoms with Gasteiger partial charge in [0, 0.05) is 17.4 Å². The molecule has 0 bridgehead atoms. The van der Waals surface area contributed by atoms with Gasteiger partial charge in [-0.2, -0.15) is 0 Å². The standard InChI is InChI=1S/C18H15FN2O2S/c1-23-13-5-2-11(3-6-13)10-24-18-15-8-12(19)4-7-14(15)16(9-20)17(22)21-18/h2-9,20H,10H2,1H3,(H,21,22). The molecule has 1 heterocycles. The fourth-order valence-electron chi connectivity index (χ4n) is 2.43. The molecule has 0 aliphatic heterocycles. The van der Waals surface area contributed by atoms with Gasteiger partial charge in [0.1, 0.15) is 11.6 Å². The minimum absolute atomic E-state index is 0.235. The lowest BCUT2D eigenvalue weighted by atomic mass is 10.1. The van der Waals surface area contributed by atoms with E-state index in [9.17, 15) is 9.18 Å². The van der Waals surface area contributed by atoms with Crippen LogP contribution in [0.5, 0.6) is 5.75 Å². The molecule has 4 nitrogen and oxygen atoms in total. The number of hydrogen-bond donors (Lipinski definition) is 2. The zero-order valence-electron chi connectivity index (χ0n) is 12.9. The number of pyridine rings is 1. The van der Waals surface area contributed by atoms with Crippen LogP contribution >= 0.6 is 11.8 Å². The second-order valence-electron chi connectivity index (χ2n) is 5.17. The molecule has 0 saturated carbocycles. The number of hydrogen-bond acceptors (Lipinski definition) is 4. The summed E-state index contributed by atoms with van der Waals surface area (Å²) in [5, 5.41) is 9.18. The molecule has 0 fully saturated rings. The van der Waals surface area contributed by atoms with Crippen LogP contribution in [0.15, 0.2) is 52.3 Å². The highest BCUT2D eigenvalue weighted by Crippen LogP contribution is 2.29. The minimum Gasteiger partial charge on any atom is -0.497 e. The van der Waals surface area contributed by atoms with Gasteiger partial charge >= 0.3 is 0 Å². The molecule has 0 aliphatic rings. The van der Waals surface area contributed by atoms with Gasteiger partial charge in [-0.1, -0.05) is 18.2 Å². The molecule has 0 aliphatic carbocycles. The number of fused-ring (bicyclic) bond motifs is 1. The molecule has 0 unspecified atom stereocenters. The van der Waals surface area contributed by atoms with Crippen LogP contribution in [0.4, 0.5) is 4.39 Å². The number of rotatable bonds is 5. The zero-order chi connectivity index (χ0) is 17.1. The SMILES string of the molecule is COc1ccc(CSc2[nH]c(=O)c(C=N)c3ccc(F)cc23)cc1. The molecule has 0 radical (unpaired) electrons. The largest absolute Gasteiger partial charge is 0.497 e. The Labute approximate surface area is 142 Å². The molecule has 0 saturated heterocycles. The van der Waals surface area contributed by atoms with Crippen molar-refractivity contribution in [2.24, 2.45) is 0 Å². The first-order valence-corrected chi connectivity index (χ1v) is 8.22. The van der Waals surface area contributed by atoms with Crippen molar-refractivity contribution >= 4 is 28.7 Å². The molecule has 0 amide bonds. The van der Waals surface area contributed by atoms with E-state index in [0.29, 0.717) is 21.6 Å². The van der Waals surface area contributed by atoms with E-state index in [2.05, 4.69) is 4.98 Å². The highest BCUT2D eigenvalue weighted by Gasteiger charge is 2.11. The van der Waals surface area contributed by atoms with Crippen LogP contribution < -0.4 is 10.3 Å². The molecule has 0 spiro atoms. The number of methoxy groups -OCH3 is 1. The Bertz CT molecular complexity index is 952. The van der Waals surface area contributed by atoms with Gasteiger partial charge in [0.15, 0.2) is 0 Å². The van der Waals surface area contributed by atoms with Gasteiger partial charge < -0.3 is 15.1 Å². The summed E-state index contributed by atoms with van der Waals surface area (Å²) in [7, 11) is 1.61. The maximum Gasteiger partial charge on any atom is 0.258 e. The van der Waals surface area contributed by atoms with Gasteiger partial charge in [-0.05, 0) is 35.2 Å². The average molecular weight is 342 g/mol. The van der Waals surface area contributed by atoms with Crippen molar-refractivity contribution in [1.82, 2.24) is 4.98 Å². The molecular formula is C18H15FN2O2S. The fraction of sp³-hybridized carbons (Fsp3) is 0.111. The third-order valence-corrected chi connectivity index (χ3v) is 4.76. The Balaban J connectivity index is 1.97. The Kier molecular flexibility index (Phi) is 4.66. The van der Waals surface area contributed by atoms with Crippen molar-refractivity contribution in [2.45, 2.75) is 10.8 Å². The smallest absolute Gasteiger partial charge is 0.258 e. The van der Waals surface area contributed by atoms with Crippen molar-refractivity contribution < 1.29 is 9.13 Å². The number of halogens is 1. The average Bonchev–Trinajstić information content (AvgIpc) is 2.60. The maximum atomic E-state index is 13.6. The number of thioether (sulfide) groups is 1. The van der Waals surface area contributed by atoms with Gasteiger partial charge in [-0.25, -0.2) is 4.39 Å². The van der Waals surface area contributed by atoms with Crippen molar-refractivity contribution in [1.29, 1.82) is 5.41 Å². The molecule has 3 aromatic rings. The lowest BCUT2D eigenvalue weighted by Crippen LogP contribution is -2.13. The predicted octanol–water partition coefficient (Wildman–Crippen LogP) is 3.97. The second kappa shape index (κ2) is 6.88. The van der Waals surface area contributed by atoms with E-state index in [-0.39, 0.29) is 16.9 Å². The first-order valence-electron chi connectivity index (χ1n) is 7.24. The van der Waals surface area contributed by atoms with E-state index in [0.717, 1.165) is 17.5 Å². The highest BCUT2D eigenvalue weighted by atomic mass is 32.2. The summed E-state index contributed by atoms with van der Waals surface area (Å²) in [6, 6.07) is 11.8. The third-order valence-electron chi connectivity index (χ3n) is 3.67. The van der Waals surface area contributed by atoms with Crippen LogP contribution in [-0.4, -0.2) is 18.3 Å². The molecule has 1 aromatic heterocycles. The van der Waals surface area contributed by atoms with E-state index >= 15 is 0 Å². The van der Waals surface area contributed by atoms with Crippen molar-refractivity contribution in [3.63, 3.8) is 0 Å². The summed E-state index contributed by atoms with van der Waals surface area (Å²) in [5.41, 5.74) is 0.947. The summed E-state index contributed by atoms with van der Waals surface area (Å²) in [5.74, 6) is 1.02. The predicted molar refractivity (Wildman–Crippen MR) is 95.0 cm³/mol. The summed E-state index contributed by atoms with van der Waals surface area (Å²) in [6.45, 7) is 0. The zero-order valence-corrected chi connectivity index (χ0v) is 13.7. The normalized spacial score (nSPS) is 10.8. The summed E-state index contributed by atoms with van der Waals surface area (Å²) in [4.78, 5) is 14.9. The van der Waals surface area contributed by atoms with E-state index < -0.39 is 0 Å². The molecule has 2 aromatic carbocycles. The minimum atomic E-state index is -0.378. The molecule has 24 heavy (non-hydrogen) atoms. The van der Waals surface area contributed by atoms with E-state index in [4.69, 9.17) is 10.1 Å². The number of aromatic nitrogens is 1. The Morgan fingerprint density at radius 2 is 1.96 bits per heavy atom. The molecular weight excluding hydrogens is 327 g/mol. The van der Waals surface area contributed by atoms with Crippen LogP contribution in [0.2, 0.25) is 0 Å². The van der Waals surface area contributed by atoms with Crippen LogP contribution in [0.1, 0.15) is 11.1 Å². The summed E-state index contributed by atoms with van der Waals surface area (Å²) >= 11 is 1.42. The Morgan fingerprint density at radius 1 is 1.21 bits per heavy atom. The fourth-order valence-corrected chi connectivity index (χ4v) is 3.43. The first-order chi connectivity index (χ1) is 11.6. The lowest BCUT2D eigenvalue weighted by molar-refractivity contribution is 0.414. The molecule has 6 heteroatoms. The quantitative estimate of drug-likeness (QED) is 0.545. The van der Waals surface area contributed by atoms with Crippen molar-refractivity contribution in [2.75, 3.05) is 7.11 Å². The topological polar surface area (TPSA) is 65.9 Å². The maximum absolute atomic E-state index is 13.6. The van der Waals surface area contributed by atoms with Gasteiger partial charge in [-0.15, -0.1) is 11.8 Å². The Hall–Kier alpha value is -2.60. The molecule has 0 atom stereocenters. The Morgan fingerprint density at radius 3 is 2.62 bits per heavy atom. The van der Waals surface area contributed by atoms with Gasteiger partial charge in [0.05, 0.1) is 17.7 Å². The number of nitrogens with one attached hydrogen (secondary N) is 2. The van der Waals surface area contributed by atoms with E-state index in [1.165, 1.54) is 30.0 Å². The highest BCUT2D eigenvalue weighted by molar-refractivity contribution is 7.98. The number of benzene rings is 2. The second-order valence-corrected chi connectivity index (χ2v) is 6.15. The van der Waals surface area contributed by atoms with Crippen molar-refractivity contribution in [3.8, 4) is 5.75 Å². The monoisotopic (exact) mass is 342 g/mol. The van der Waals surface area contributed by atoms with Crippen LogP contribution in [0.25, 0.3) is 10.8 Å². The molecule has 2 N–H and O–H groups in total. The van der Waals surface area contributed by atoms with E-state index in [1.54, 1.807) is 7.11 Å². The van der Waals surface area contributed by atoms with Crippen molar-refractivity contribution in [3.05, 3.63) is 69.8 Å². The lowest BCUT2D eigenvalue weighted by Gasteiger charge is -2.09. The van der Waals surface area contributed by atoms with Gasteiger partial charge in [0.25, 0.3) is 5.56 Å². The number of ether oxygens (including phenoxy) is 1. The number of aromatic amines is 1. The first kappa shape index (κ1) is 16.3. The number of H-pyrrole nitrogens is 1. The van der Waals surface area contributed by atoms with Crippen LogP contribution in [0.3, 0.4) is 0 Å². The van der Waals surface area contributed by atoms with Gasteiger partial charge in [-0.3, -0.25) is 4.79 Å². The van der Waals surface area contributed by atoms with Gasteiger partial charge in [0.2, 0.25) is 0 Å². The summed E-state index contributed by atoms with van der Waals surface area (Å²) < 4.78 is 18.8. The summed E-state index contributed by atoms with van der Waals surface area (Å²) in [6.07, 6.45) is 0.997. The van der Waals surface area contributed by atoms with Crippen LogP contribution in [-0.2, 0) is 5.75 Å². The van der Waals surface area contributed by atoms with E-state index in [1.807, 2.05) is 24.3 Å². The third kappa shape index (κ3) is 3.19. The van der Waals surface area contributed by atoms with Crippen LogP contribution in [0, 0.1) is 11.2 Å².